The molecular weight excluding hydrogens is 328 g/mol. The van der Waals surface area contributed by atoms with Crippen molar-refractivity contribution < 1.29 is 23.1 Å². The molecule has 1 N–H and O–H groups in total. The van der Waals surface area contributed by atoms with Crippen LogP contribution in [0, 0.1) is 25.5 Å². The molecule has 2 aromatic carbocycles. The van der Waals surface area contributed by atoms with Gasteiger partial charge in [-0.05, 0) is 42.7 Å². The van der Waals surface area contributed by atoms with E-state index in [1.54, 1.807) is 0 Å². The number of methoxy groups -OCH3 is 1. The lowest BCUT2D eigenvalue weighted by Gasteiger charge is -2.17. The molecule has 132 valence electrons. The van der Waals surface area contributed by atoms with Crippen molar-refractivity contribution in [3.05, 3.63) is 70.3 Å². The fraction of sp³-hybridized carbons (Fsp3) is 0.263. The van der Waals surface area contributed by atoms with Crippen molar-refractivity contribution in [2.45, 2.75) is 26.3 Å². The van der Waals surface area contributed by atoms with Crippen LogP contribution in [0.5, 0.6) is 0 Å². The number of amides is 1. The number of carbonyl (C=O) groups is 2. The highest BCUT2D eigenvalue weighted by Crippen LogP contribution is 2.13. The molecule has 2 aromatic rings. The number of aryl methyl sites for hydroxylation is 2. The summed E-state index contributed by atoms with van der Waals surface area (Å²) in [6, 6.07) is 7.20. The van der Waals surface area contributed by atoms with Crippen molar-refractivity contribution in [1.29, 1.82) is 0 Å². The van der Waals surface area contributed by atoms with Gasteiger partial charge in [-0.1, -0.05) is 18.2 Å². The van der Waals surface area contributed by atoms with Gasteiger partial charge in [-0.15, -0.1) is 0 Å². The number of nitrogens with one attached hydrogen (secondary N) is 1. The Balaban J connectivity index is 2.21. The Hall–Kier alpha value is -2.76. The second kappa shape index (κ2) is 7.88. The van der Waals surface area contributed by atoms with Gasteiger partial charge in [-0.25, -0.2) is 13.6 Å². The molecule has 4 nitrogen and oxygen atoms in total. The van der Waals surface area contributed by atoms with Crippen molar-refractivity contribution in [3.63, 3.8) is 0 Å². The number of esters is 1. The second-order valence-electron chi connectivity index (χ2n) is 5.83. The Kier molecular flexibility index (Phi) is 5.85. The maximum absolute atomic E-state index is 13.3. The summed E-state index contributed by atoms with van der Waals surface area (Å²) in [6.45, 7) is 3.91. The SMILES string of the molecule is COC(=O)[C@H](Cc1ccc(C)c(C)c1)NC(=O)c1cc(F)cc(F)c1. The van der Waals surface area contributed by atoms with Crippen LogP contribution in [0.25, 0.3) is 0 Å². The van der Waals surface area contributed by atoms with Crippen LogP contribution in [-0.2, 0) is 16.0 Å². The third kappa shape index (κ3) is 4.86. The zero-order valence-electron chi connectivity index (χ0n) is 14.2. The Morgan fingerprint density at radius 3 is 2.24 bits per heavy atom. The summed E-state index contributed by atoms with van der Waals surface area (Å²) in [5.74, 6) is -3.12. The average Bonchev–Trinajstić information content (AvgIpc) is 2.55. The summed E-state index contributed by atoms with van der Waals surface area (Å²) < 4.78 is 31.3. The van der Waals surface area contributed by atoms with E-state index in [1.807, 2.05) is 32.0 Å². The van der Waals surface area contributed by atoms with Crippen LogP contribution < -0.4 is 5.32 Å². The van der Waals surface area contributed by atoms with Gasteiger partial charge < -0.3 is 10.1 Å². The Bertz CT molecular complexity index is 785. The molecule has 2 rings (SSSR count). The first kappa shape index (κ1) is 18.6. The third-order valence-electron chi connectivity index (χ3n) is 3.93. The highest BCUT2D eigenvalue weighted by Gasteiger charge is 2.23. The van der Waals surface area contributed by atoms with Gasteiger partial charge in [-0.2, -0.15) is 0 Å². The minimum Gasteiger partial charge on any atom is -0.467 e. The van der Waals surface area contributed by atoms with Gasteiger partial charge in [0.15, 0.2) is 0 Å². The average molecular weight is 347 g/mol. The van der Waals surface area contributed by atoms with E-state index in [4.69, 9.17) is 4.74 Å². The van der Waals surface area contributed by atoms with E-state index >= 15 is 0 Å². The van der Waals surface area contributed by atoms with Gasteiger partial charge in [0.1, 0.15) is 17.7 Å². The highest BCUT2D eigenvalue weighted by atomic mass is 19.1. The normalized spacial score (nSPS) is 11.7. The molecule has 0 spiro atoms. The van der Waals surface area contributed by atoms with E-state index < -0.39 is 29.6 Å². The van der Waals surface area contributed by atoms with E-state index in [0.717, 1.165) is 28.8 Å². The maximum atomic E-state index is 13.3. The largest absolute Gasteiger partial charge is 0.467 e. The predicted octanol–water partition coefficient (Wildman–Crippen LogP) is 3.10. The Morgan fingerprint density at radius 2 is 1.68 bits per heavy atom. The molecule has 0 bridgehead atoms. The molecule has 0 saturated carbocycles. The lowest BCUT2D eigenvalue weighted by Crippen LogP contribution is -2.43. The quantitative estimate of drug-likeness (QED) is 0.846. The molecule has 1 atom stereocenters. The second-order valence-corrected chi connectivity index (χ2v) is 5.83. The molecule has 0 aromatic heterocycles. The molecule has 0 saturated heterocycles. The van der Waals surface area contributed by atoms with Crippen molar-refractivity contribution in [3.8, 4) is 0 Å². The van der Waals surface area contributed by atoms with Crippen molar-refractivity contribution >= 4 is 11.9 Å². The summed E-state index contributed by atoms with van der Waals surface area (Å²) in [7, 11) is 1.21. The number of hydrogen-bond donors (Lipinski definition) is 1. The molecule has 0 fully saturated rings. The summed E-state index contributed by atoms with van der Waals surface area (Å²) >= 11 is 0. The number of benzene rings is 2. The zero-order chi connectivity index (χ0) is 18.6. The van der Waals surface area contributed by atoms with Gasteiger partial charge in [0.25, 0.3) is 5.91 Å². The van der Waals surface area contributed by atoms with Crippen LogP contribution in [-0.4, -0.2) is 25.0 Å². The van der Waals surface area contributed by atoms with E-state index in [1.165, 1.54) is 7.11 Å². The summed E-state index contributed by atoms with van der Waals surface area (Å²) in [4.78, 5) is 24.2. The van der Waals surface area contributed by atoms with Gasteiger partial charge in [-0.3, -0.25) is 4.79 Å². The molecule has 0 aliphatic heterocycles. The van der Waals surface area contributed by atoms with Crippen LogP contribution in [0.1, 0.15) is 27.0 Å². The van der Waals surface area contributed by atoms with Gasteiger partial charge in [0.2, 0.25) is 0 Å². The van der Waals surface area contributed by atoms with E-state index in [0.29, 0.717) is 6.07 Å². The van der Waals surface area contributed by atoms with Crippen molar-refractivity contribution in [1.82, 2.24) is 5.32 Å². The minimum atomic E-state index is -0.967. The Morgan fingerprint density at radius 1 is 1.04 bits per heavy atom. The molecule has 0 radical (unpaired) electrons. The number of rotatable bonds is 5. The summed E-state index contributed by atoms with van der Waals surface area (Å²) in [5, 5.41) is 2.47. The molecule has 6 heteroatoms. The molecule has 0 aliphatic carbocycles. The number of hydrogen-bond acceptors (Lipinski definition) is 3. The molecular formula is C19H19F2NO3. The first-order valence-electron chi connectivity index (χ1n) is 7.71. The van der Waals surface area contributed by atoms with Crippen molar-refractivity contribution in [2.75, 3.05) is 7.11 Å². The lowest BCUT2D eigenvalue weighted by molar-refractivity contribution is -0.142. The molecule has 25 heavy (non-hydrogen) atoms. The van der Waals surface area contributed by atoms with Crippen LogP contribution in [0.3, 0.4) is 0 Å². The topological polar surface area (TPSA) is 55.4 Å². The lowest BCUT2D eigenvalue weighted by atomic mass is 10.0. The van der Waals surface area contributed by atoms with E-state index in [-0.39, 0.29) is 12.0 Å². The van der Waals surface area contributed by atoms with E-state index in [9.17, 15) is 18.4 Å². The first-order valence-corrected chi connectivity index (χ1v) is 7.71. The Labute approximate surface area is 144 Å². The minimum absolute atomic E-state index is 0.202. The smallest absolute Gasteiger partial charge is 0.328 e. The molecule has 1 amide bonds. The van der Waals surface area contributed by atoms with Crippen LogP contribution in [0.2, 0.25) is 0 Å². The van der Waals surface area contributed by atoms with Gasteiger partial charge in [0.05, 0.1) is 7.11 Å². The third-order valence-corrected chi connectivity index (χ3v) is 3.93. The van der Waals surface area contributed by atoms with E-state index in [2.05, 4.69) is 5.32 Å². The van der Waals surface area contributed by atoms with Crippen LogP contribution >= 0.6 is 0 Å². The standard InChI is InChI=1S/C19H19F2NO3/c1-11-4-5-13(6-12(11)2)7-17(19(24)25-3)22-18(23)14-8-15(20)10-16(21)9-14/h4-6,8-10,17H,7H2,1-3H3,(H,22,23)/t17-/m0/s1. The predicted molar refractivity (Wildman–Crippen MR) is 89.2 cm³/mol. The van der Waals surface area contributed by atoms with Crippen LogP contribution in [0.15, 0.2) is 36.4 Å². The highest BCUT2D eigenvalue weighted by molar-refractivity contribution is 5.96. The molecule has 0 heterocycles. The zero-order valence-corrected chi connectivity index (χ0v) is 14.2. The first-order chi connectivity index (χ1) is 11.8. The van der Waals surface area contributed by atoms with Gasteiger partial charge >= 0.3 is 5.97 Å². The number of ether oxygens (including phenoxy) is 1. The fourth-order valence-corrected chi connectivity index (χ4v) is 2.43. The summed E-state index contributed by atoms with van der Waals surface area (Å²) in [5.41, 5.74) is 2.80. The van der Waals surface area contributed by atoms with Gasteiger partial charge in [0, 0.05) is 18.1 Å². The number of halogens is 2. The van der Waals surface area contributed by atoms with Crippen LogP contribution in [0.4, 0.5) is 8.78 Å². The summed E-state index contributed by atoms with van der Waals surface area (Å²) in [6.07, 6.45) is 0.206. The molecule has 0 aliphatic rings. The number of carbonyl (C=O) groups excluding carboxylic acids is 2. The van der Waals surface area contributed by atoms with Crippen molar-refractivity contribution in [2.24, 2.45) is 0 Å². The monoisotopic (exact) mass is 347 g/mol. The molecule has 0 unspecified atom stereocenters. The fourth-order valence-electron chi connectivity index (χ4n) is 2.43. The maximum Gasteiger partial charge on any atom is 0.328 e.